The number of hydrogen-bond donors (Lipinski definition) is 2. The standard InChI is InChI=1S/C12H18N2/c1-5-8-13-10(4)12(14-7-3)9-11(12)6-2/h5-7,11,13-14H,1-4,8-9H2/t11?,12-/m0/s1. The van der Waals surface area contributed by atoms with Gasteiger partial charge in [-0.3, -0.25) is 0 Å². The maximum atomic E-state index is 4.03. The molecule has 1 aliphatic carbocycles. The topological polar surface area (TPSA) is 24.1 Å². The number of rotatable bonds is 7. The van der Waals surface area contributed by atoms with Crippen LogP contribution in [0.1, 0.15) is 6.42 Å². The molecule has 2 nitrogen and oxygen atoms in total. The van der Waals surface area contributed by atoms with Crippen molar-refractivity contribution < 1.29 is 0 Å². The summed E-state index contributed by atoms with van der Waals surface area (Å²) >= 11 is 0. The molecule has 1 fully saturated rings. The fourth-order valence-electron chi connectivity index (χ4n) is 1.71. The van der Waals surface area contributed by atoms with Crippen molar-refractivity contribution in [2.75, 3.05) is 6.54 Å². The minimum atomic E-state index is -0.0630. The van der Waals surface area contributed by atoms with Crippen LogP contribution in [0.2, 0.25) is 0 Å². The lowest BCUT2D eigenvalue weighted by Gasteiger charge is -2.21. The first-order valence-corrected chi connectivity index (χ1v) is 4.76. The maximum Gasteiger partial charge on any atom is 0.0829 e. The van der Waals surface area contributed by atoms with Gasteiger partial charge in [0.1, 0.15) is 0 Å². The highest BCUT2D eigenvalue weighted by molar-refractivity contribution is 5.33. The Hall–Kier alpha value is -1.44. The normalized spacial score (nSPS) is 28.7. The van der Waals surface area contributed by atoms with E-state index in [4.69, 9.17) is 0 Å². The van der Waals surface area contributed by atoms with Crippen molar-refractivity contribution in [1.29, 1.82) is 0 Å². The van der Waals surface area contributed by atoms with E-state index in [1.807, 2.05) is 12.2 Å². The molecule has 0 bridgehead atoms. The Morgan fingerprint density at radius 2 is 2.14 bits per heavy atom. The van der Waals surface area contributed by atoms with Crippen molar-refractivity contribution >= 4 is 0 Å². The molecule has 0 aromatic rings. The van der Waals surface area contributed by atoms with Gasteiger partial charge in [-0.15, -0.1) is 13.2 Å². The van der Waals surface area contributed by atoms with Crippen LogP contribution in [0.15, 0.2) is 50.4 Å². The summed E-state index contributed by atoms with van der Waals surface area (Å²) in [5.41, 5.74) is 0.925. The molecule has 0 amide bonds. The molecule has 2 atom stereocenters. The second-order valence-electron chi connectivity index (χ2n) is 3.51. The predicted octanol–water partition coefficient (Wildman–Crippen LogP) is 1.95. The third-order valence-corrected chi connectivity index (χ3v) is 2.66. The lowest BCUT2D eigenvalue weighted by molar-refractivity contribution is 0.590. The summed E-state index contributed by atoms with van der Waals surface area (Å²) in [5, 5.41) is 6.45. The Balaban J connectivity index is 2.60. The van der Waals surface area contributed by atoms with Gasteiger partial charge in [-0.25, -0.2) is 0 Å². The summed E-state index contributed by atoms with van der Waals surface area (Å²) < 4.78 is 0. The van der Waals surface area contributed by atoms with Gasteiger partial charge in [-0.05, 0) is 12.6 Å². The summed E-state index contributed by atoms with van der Waals surface area (Å²) in [5.74, 6) is 0.449. The number of hydrogen-bond acceptors (Lipinski definition) is 2. The minimum Gasteiger partial charge on any atom is -0.383 e. The quantitative estimate of drug-likeness (QED) is 0.600. The largest absolute Gasteiger partial charge is 0.383 e. The SMILES string of the molecule is C=CCNC(=C)[C@@]1(NC=C)CC1C=C. The van der Waals surface area contributed by atoms with E-state index in [-0.39, 0.29) is 5.54 Å². The first kappa shape index (κ1) is 10.6. The van der Waals surface area contributed by atoms with Gasteiger partial charge in [-0.1, -0.05) is 25.3 Å². The van der Waals surface area contributed by atoms with E-state index < -0.39 is 0 Å². The van der Waals surface area contributed by atoms with E-state index in [0.717, 1.165) is 18.7 Å². The fraction of sp³-hybridized carbons (Fsp3) is 0.333. The molecule has 0 spiro atoms. The first-order valence-electron chi connectivity index (χ1n) is 4.76. The zero-order chi connectivity index (χ0) is 10.6. The van der Waals surface area contributed by atoms with Crippen molar-refractivity contribution in [2.24, 2.45) is 5.92 Å². The van der Waals surface area contributed by atoms with Crippen molar-refractivity contribution in [3.8, 4) is 0 Å². The Labute approximate surface area is 86.1 Å². The molecule has 14 heavy (non-hydrogen) atoms. The maximum absolute atomic E-state index is 4.03. The van der Waals surface area contributed by atoms with Crippen molar-refractivity contribution in [1.82, 2.24) is 10.6 Å². The highest BCUT2D eigenvalue weighted by atomic mass is 15.1. The lowest BCUT2D eigenvalue weighted by atomic mass is 10.1. The Morgan fingerprint density at radius 1 is 1.43 bits per heavy atom. The van der Waals surface area contributed by atoms with Crippen LogP contribution < -0.4 is 10.6 Å². The van der Waals surface area contributed by atoms with Gasteiger partial charge < -0.3 is 10.6 Å². The Bertz CT molecular complexity index is 267. The van der Waals surface area contributed by atoms with E-state index >= 15 is 0 Å². The molecule has 1 aliphatic rings. The third kappa shape index (κ3) is 1.74. The average molecular weight is 190 g/mol. The monoisotopic (exact) mass is 190 g/mol. The minimum absolute atomic E-state index is 0.0630. The highest BCUT2D eigenvalue weighted by Crippen LogP contribution is 2.48. The molecule has 1 saturated carbocycles. The Morgan fingerprint density at radius 3 is 2.57 bits per heavy atom. The molecular weight excluding hydrogens is 172 g/mol. The summed E-state index contributed by atoms with van der Waals surface area (Å²) in [6, 6.07) is 0. The molecular formula is C12H18N2. The van der Waals surface area contributed by atoms with E-state index in [2.05, 4.69) is 36.9 Å². The van der Waals surface area contributed by atoms with Crippen LogP contribution in [-0.4, -0.2) is 12.1 Å². The van der Waals surface area contributed by atoms with Crippen LogP contribution in [-0.2, 0) is 0 Å². The zero-order valence-electron chi connectivity index (χ0n) is 8.55. The van der Waals surface area contributed by atoms with Crippen LogP contribution in [0.25, 0.3) is 0 Å². The summed E-state index contributed by atoms with van der Waals surface area (Å²) in [7, 11) is 0. The second kappa shape index (κ2) is 4.18. The molecule has 1 rings (SSSR count). The first-order chi connectivity index (χ1) is 6.71. The van der Waals surface area contributed by atoms with Crippen LogP contribution in [0.5, 0.6) is 0 Å². The average Bonchev–Trinajstić information content (AvgIpc) is 2.90. The predicted molar refractivity (Wildman–Crippen MR) is 61.7 cm³/mol. The molecule has 0 aromatic carbocycles. The third-order valence-electron chi connectivity index (χ3n) is 2.66. The summed E-state index contributed by atoms with van der Waals surface area (Å²) in [4.78, 5) is 0. The fourth-order valence-corrected chi connectivity index (χ4v) is 1.71. The molecule has 76 valence electrons. The molecule has 0 aromatic heterocycles. The van der Waals surface area contributed by atoms with Gasteiger partial charge in [0.05, 0.1) is 5.54 Å². The summed E-state index contributed by atoms with van der Waals surface area (Å²) in [6.45, 7) is 15.9. The van der Waals surface area contributed by atoms with E-state index in [0.29, 0.717) is 5.92 Å². The van der Waals surface area contributed by atoms with E-state index in [1.54, 1.807) is 6.20 Å². The molecule has 0 saturated heterocycles. The van der Waals surface area contributed by atoms with Gasteiger partial charge in [0.2, 0.25) is 0 Å². The smallest absolute Gasteiger partial charge is 0.0829 e. The van der Waals surface area contributed by atoms with Crippen LogP contribution in [0.3, 0.4) is 0 Å². The molecule has 2 N–H and O–H groups in total. The highest BCUT2D eigenvalue weighted by Gasteiger charge is 2.54. The van der Waals surface area contributed by atoms with Crippen molar-refractivity contribution in [2.45, 2.75) is 12.0 Å². The Kier molecular flexibility index (Phi) is 3.18. The van der Waals surface area contributed by atoms with Gasteiger partial charge in [0.15, 0.2) is 0 Å². The van der Waals surface area contributed by atoms with Crippen LogP contribution in [0, 0.1) is 5.92 Å². The van der Waals surface area contributed by atoms with Crippen molar-refractivity contribution in [3.63, 3.8) is 0 Å². The van der Waals surface area contributed by atoms with E-state index in [1.165, 1.54) is 0 Å². The number of nitrogens with one attached hydrogen (secondary N) is 2. The molecule has 0 aliphatic heterocycles. The molecule has 0 heterocycles. The van der Waals surface area contributed by atoms with Gasteiger partial charge in [0.25, 0.3) is 0 Å². The van der Waals surface area contributed by atoms with E-state index in [9.17, 15) is 0 Å². The second-order valence-corrected chi connectivity index (χ2v) is 3.51. The molecule has 1 unspecified atom stereocenters. The van der Waals surface area contributed by atoms with Crippen LogP contribution >= 0.6 is 0 Å². The van der Waals surface area contributed by atoms with Gasteiger partial charge in [0, 0.05) is 18.2 Å². The lowest BCUT2D eigenvalue weighted by Crippen LogP contribution is -2.37. The van der Waals surface area contributed by atoms with Gasteiger partial charge >= 0.3 is 0 Å². The molecule has 0 radical (unpaired) electrons. The molecule has 2 heteroatoms. The summed E-state index contributed by atoms with van der Waals surface area (Å²) in [6.07, 6.45) is 6.52. The van der Waals surface area contributed by atoms with Crippen molar-refractivity contribution in [3.05, 3.63) is 50.4 Å². The van der Waals surface area contributed by atoms with Gasteiger partial charge in [-0.2, -0.15) is 0 Å². The zero-order valence-corrected chi connectivity index (χ0v) is 8.55. The van der Waals surface area contributed by atoms with Crippen LogP contribution in [0.4, 0.5) is 0 Å².